The van der Waals surface area contributed by atoms with Crippen LogP contribution in [0.1, 0.15) is 18.4 Å². The highest BCUT2D eigenvalue weighted by molar-refractivity contribution is 6.19. The Bertz CT molecular complexity index is 861. The van der Waals surface area contributed by atoms with Gasteiger partial charge in [0.25, 0.3) is 5.91 Å². The highest BCUT2D eigenvalue weighted by Crippen LogP contribution is 2.26. The normalized spacial score (nSPS) is 18.1. The number of piperidine rings is 1. The summed E-state index contributed by atoms with van der Waals surface area (Å²) in [5.74, 6) is -0.0850. The van der Waals surface area contributed by atoms with Crippen molar-refractivity contribution >= 4 is 23.5 Å². The van der Waals surface area contributed by atoms with Gasteiger partial charge in [-0.25, -0.2) is 9.69 Å². The van der Waals surface area contributed by atoms with Crippen molar-refractivity contribution in [2.45, 2.75) is 25.3 Å². The Balaban J connectivity index is 1.36. The smallest absolute Gasteiger partial charge is 0.332 e. The van der Waals surface area contributed by atoms with Crippen molar-refractivity contribution in [2.75, 3.05) is 24.5 Å². The molecule has 4 rings (SSSR count). The summed E-state index contributed by atoms with van der Waals surface area (Å²) in [6.07, 6.45) is 1.79. The lowest BCUT2D eigenvalue weighted by atomic mass is 10.0. The maximum absolute atomic E-state index is 12.8. The molecule has 0 N–H and O–H groups in total. The summed E-state index contributed by atoms with van der Waals surface area (Å²) >= 11 is 0. The lowest BCUT2D eigenvalue weighted by Gasteiger charge is -2.36. The molecule has 0 spiro atoms. The lowest BCUT2D eigenvalue weighted by molar-refractivity contribution is -0.132. The van der Waals surface area contributed by atoms with Crippen LogP contribution in [0.3, 0.4) is 0 Å². The molecule has 2 aromatic rings. The number of hydrogen-bond donors (Lipinski definition) is 0. The number of urea groups is 1. The molecule has 0 saturated carbocycles. The Morgan fingerprint density at radius 2 is 1.50 bits per heavy atom. The molecule has 144 valence electrons. The molecule has 4 amide bonds. The number of rotatable bonds is 4. The molecule has 0 atom stereocenters. The molecular weight excluding hydrogens is 354 g/mol. The zero-order chi connectivity index (χ0) is 19.5. The fourth-order valence-corrected chi connectivity index (χ4v) is 3.95. The first-order valence-corrected chi connectivity index (χ1v) is 9.64. The minimum Gasteiger partial charge on any atom is -0.342 e. The van der Waals surface area contributed by atoms with Gasteiger partial charge in [-0.15, -0.1) is 0 Å². The standard InChI is InChI=1S/C22H23N3O3/c26-20(15-17-7-3-1-4-8-17)23-13-11-18(12-14-23)24-16-21(27)25(22(24)28)19-9-5-2-6-10-19/h1-10,18H,11-16H2. The van der Waals surface area contributed by atoms with Crippen LogP contribution in [0.25, 0.3) is 0 Å². The van der Waals surface area contributed by atoms with E-state index >= 15 is 0 Å². The van der Waals surface area contributed by atoms with E-state index in [1.807, 2.05) is 53.4 Å². The summed E-state index contributed by atoms with van der Waals surface area (Å²) in [5.41, 5.74) is 1.61. The largest absolute Gasteiger partial charge is 0.342 e. The average Bonchev–Trinajstić information content (AvgIpc) is 3.03. The van der Waals surface area contributed by atoms with E-state index in [1.165, 1.54) is 4.90 Å². The number of likely N-dealkylation sites (tertiary alicyclic amines) is 1. The fraction of sp³-hybridized carbons (Fsp3) is 0.318. The van der Waals surface area contributed by atoms with Gasteiger partial charge in [0.1, 0.15) is 6.54 Å². The molecule has 2 saturated heterocycles. The Hall–Kier alpha value is -3.15. The number of nitrogens with zero attached hydrogens (tertiary/aromatic N) is 3. The van der Waals surface area contributed by atoms with E-state index < -0.39 is 0 Å². The topological polar surface area (TPSA) is 60.9 Å². The Kier molecular flexibility index (Phi) is 5.10. The molecule has 2 fully saturated rings. The fourth-order valence-electron chi connectivity index (χ4n) is 3.95. The number of carbonyl (C=O) groups is 3. The molecule has 2 aliphatic rings. The van der Waals surface area contributed by atoms with Crippen LogP contribution in [-0.2, 0) is 16.0 Å². The summed E-state index contributed by atoms with van der Waals surface area (Å²) in [5, 5.41) is 0. The molecular formula is C22H23N3O3. The number of hydrogen-bond acceptors (Lipinski definition) is 3. The van der Waals surface area contributed by atoms with Crippen LogP contribution in [0.15, 0.2) is 60.7 Å². The Labute approximate surface area is 164 Å². The highest BCUT2D eigenvalue weighted by Gasteiger charge is 2.41. The van der Waals surface area contributed by atoms with Crippen LogP contribution in [0, 0.1) is 0 Å². The summed E-state index contributed by atoms with van der Waals surface area (Å²) in [4.78, 5) is 42.5. The molecule has 0 unspecified atom stereocenters. The quantitative estimate of drug-likeness (QED) is 0.770. The Morgan fingerprint density at radius 1 is 0.893 bits per heavy atom. The third-order valence-electron chi connectivity index (χ3n) is 5.46. The van der Waals surface area contributed by atoms with Crippen LogP contribution in [-0.4, -0.2) is 53.3 Å². The minimum absolute atomic E-state index is 0.00839. The zero-order valence-corrected chi connectivity index (χ0v) is 15.7. The maximum atomic E-state index is 12.8. The first kappa shape index (κ1) is 18.2. The van der Waals surface area contributed by atoms with Crippen molar-refractivity contribution in [3.05, 3.63) is 66.2 Å². The van der Waals surface area contributed by atoms with Gasteiger partial charge >= 0.3 is 6.03 Å². The second-order valence-corrected chi connectivity index (χ2v) is 7.25. The molecule has 0 radical (unpaired) electrons. The van der Waals surface area contributed by atoms with Crippen LogP contribution in [0.5, 0.6) is 0 Å². The second-order valence-electron chi connectivity index (χ2n) is 7.25. The first-order valence-electron chi connectivity index (χ1n) is 9.64. The number of benzene rings is 2. The van der Waals surface area contributed by atoms with E-state index in [1.54, 1.807) is 17.0 Å². The van der Waals surface area contributed by atoms with Crippen molar-refractivity contribution in [1.82, 2.24) is 9.80 Å². The van der Waals surface area contributed by atoms with Gasteiger partial charge in [-0.3, -0.25) is 9.59 Å². The summed E-state index contributed by atoms with van der Waals surface area (Å²) in [6.45, 7) is 1.33. The first-order chi connectivity index (χ1) is 13.6. The summed E-state index contributed by atoms with van der Waals surface area (Å²) < 4.78 is 0. The lowest BCUT2D eigenvalue weighted by Crippen LogP contribution is -2.48. The molecule has 2 aromatic carbocycles. The Morgan fingerprint density at radius 3 is 2.14 bits per heavy atom. The van der Waals surface area contributed by atoms with Crippen molar-refractivity contribution in [3.8, 4) is 0 Å². The molecule has 0 aromatic heterocycles. The van der Waals surface area contributed by atoms with Gasteiger partial charge in [-0.05, 0) is 30.5 Å². The number of amides is 4. The van der Waals surface area contributed by atoms with Gasteiger partial charge < -0.3 is 9.80 Å². The minimum atomic E-state index is -0.259. The highest BCUT2D eigenvalue weighted by atomic mass is 16.2. The summed E-state index contributed by atoms with van der Waals surface area (Å²) in [7, 11) is 0. The van der Waals surface area contributed by atoms with Crippen molar-refractivity contribution < 1.29 is 14.4 Å². The molecule has 2 heterocycles. The van der Waals surface area contributed by atoms with E-state index in [4.69, 9.17) is 0 Å². The monoisotopic (exact) mass is 377 g/mol. The number of para-hydroxylation sites is 1. The van der Waals surface area contributed by atoms with Crippen molar-refractivity contribution in [1.29, 1.82) is 0 Å². The van der Waals surface area contributed by atoms with Gasteiger partial charge in [0.15, 0.2) is 0 Å². The van der Waals surface area contributed by atoms with Gasteiger partial charge in [0.05, 0.1) is 12.1 Å². The predicted molar refractivity (Wildman–Crippen MR) is 106 cm³/mol. The van der Waals surface area contributed by atoms with Gasteiger partial charge in [-0.1, -0.05) is 48.5 Å². The second kappa shape index (κ2) is 7.84. The van der Waals surface area contributed by atoms with Crippen molar-refractivity contribution in [3.63, 3.8) is 0 Å². The number of carbonyl (C=O) groups excluding carboxylic acids is 3. The van der Waals surface area contributed by atoms with E-state index in [0.717, 1.165) is 5.56 Å². The molecule has 2 aliphatic heterocycles. The van der Waals surface area contributed by atoms with E-state index in [2.05, 4.69) is 0 Å². The molecule has 6 nitrogen and oxygen atoms in total. The molecule has 28 heavy (non-hydrogen) atoms. The SMILES string of the molecule is O=C(Cc1ccccc1)N1CCC(N2CC(=O)N(c3ccccc3)C2=O)CC1. The third-order valence-corrected chi connectivity index (χ3v) is 5.46. The molecule has 0 bridgehead atoms. The van der Waals surface area contributed by atoms with Crippen molar-refractivity contribution in [2.24, 2.45) is 0 Å². The van der Waals surface area contributed by atoms with Crippen LogP contribution >= 0.6 is 0 Å². The van der Waals surface area contributed by atoms with Gasteiger partial charge in [0, 0.05) is 19.1 Å². The average molecular weight is 377 g/mol. The van der Waals surface area contributed by atoms with E-state index in [9.17, 15) is 14.4 Å². The number of anilines is 1. The molecule has 6 heteroatoms. The van der Waals surface area contributed by atoms with E-state index in [-0.39, 0.29) is 30.4 Å². The number of imide groups is 1. The van der Waals surface area contributed by atoms with Crippen LogP contribution in [0.4, 0.5) is 10.5 Å². The van der Waals surface area contributed by atoms with Crippen LogP contribution in [0.2, 0.25) is 0 Å². The predicted octanol–water partition coefficient (Wildman–Crippen LogP) is 2.69. The summed E-state index contributed by atoms with van der Waals surface area (Å²) in [6, 6.07) is 18.5. The molecule has 0 aliphatic carbocycles. The van der Waals surface area contributed by atoms with Crippen LogP contribution < -0.4 is 4.90 Å². The van der Waals surface area contributed by atoms with E-state index in [0.29, 0.717) is 38.0 Å². The van der Waals surface area contributed by atoms with Gasteiger partial charge in [0.2, 0.25) is 5.91 Å². The maximum Gasteiger partial charge on any atom is 0.332 e. The van der Waals surface area contributed by atoms with Gasteiger partial charge in [-0.2, -0.15) is 0 Å². The zero-order valence-electron chi connectivity index (χ0n) is 15.7. The third kappa shape index (κ3) is 3.63.